The molecule has 4 rings (SSSR count). The molecule has 2 aromatic rings. The Kier molecular flexibility index (Phi) is 7.57. The number of benzene rings is 2. The number of carbonyl (C=O) groups excluding carboxylic acids is 2. The van der Waals surface area contributed by atoms with Crippen LogP contribution in [0.15, 0.2) is 53.6 Å². The van der Waals surface area contributed by atoms with E-state index in [1.54, 1.807) is 26.2 Å². The lowest BCUT2D eigenvalue weighted by atomic mass is 9.97. The zero-order chi connectivity index (χ0) is 24.1. The summed E-state index contributed by atoms with van der Waals surface area (Å²) in [5.41, 5.74) is 2.16. The summed E-state index contributed by atoms with van der Waals surface area (Å²) in [7, 11) is 1.59. The number of likely N-dealkylation sites (tertiary alicyclic amines) is 1. The fourth-order valence-electron chi connectivity index (χ4n) is 4.69. The van der Waals surface area contributed by atoms with Crippen LogP contribution in [0.2, 0.25) is 0 Å². The van der Waals surface area contributed by atoms with Crippen molar-refractivity contribution in [2.24, 2.45) is 5.10 Å². The van der Waals surface area contributed by atoms with Crippen LogP contribution in [0.5, 0.6) is 5.75 Å². The summed E-state index contributed by atoms with van der Waals surface area (Å²) in [6.07, 6.45) is 2.91. The number of amides is 1. The van der Waals surface area contributed by atoms with Gasteiger partial charge in [-0.15, -0.1) is 0 Å². The van der Waals surface area contributed by atoms with Gasteiger partial charge in [-0.05, 0) is 56.1 Å². The number of esters is 1. The molecule has 1 saturated heterocycles. The normalized spacial score (nSPS) is 20.7. The first-order valence-corrected chi connectivity index (χ1v) is 11.7. The van der Waals surface area contributed by atoms with Gasteiger partial charge in [0.1, 0.15) is 17.6 Å². The monoisotopic (exact) mass is 467 g/mol. The van der Waals surface area contributed by atoms with Crippen molar-refractivity contribution >= 4 is 17.6 Å². The highest BCUT2D eigenvalue weighted by Crippen LogP contribution is 2.35. The zero-order valence-electron chi connectivity index (χ0n) is 19.6. The van der Waals surface area contributed by atoms with Gasteiger partial charge in [-0.3, -0.25) is 14.5 Å². The molecule has 0 bridgehead atoms. The van der Waals surface area contributed by atoms with Gasteiger partial charge < -0.3 is 9.47 Å². The van der Waals surface area contributed by atoms with Crippen LogP contribution in [0.4, 0.5) is 4.39 Å². The molecule has 1 fully saturated rings. The smallest absolute Gasteiger partial charge is 0.323 e. The largest absolute Gasteiger partial charge is 0.496 e. The van der Waals surface area contributed by atoms with E-state index in [0.717, 1.165) is 18.4 Å². The Morgan fingerprint density at radius 3 is 2.74 bits per heavy atom. The number of para-hydroxylation sites is 1. The Labute approximate surface area is 199 Å². The predicted octanol–water partition coefficient (Wildman–Crippen LogP) is 3.93. The Morgan fingerprint density at radius 1 is 1.15 bits per heavy atom. The third-order valence-electron chi connectivity index (χ3n) is 6.33. The van der Waals surface area contributed by atoms with Crippen LogP contribution in [-0.4, -0.2) is 60.3 Å². The van der Waals surface area contributed by atoms with Crippen molar-refractivity contribution in [1.29, 1.82) is 0 Å². The number of carbonyl (C=O) groups is 2. The third-order valence-corrected chi connectivity index (χ3v) is 6.33. The van der Waals surface area contributed by atoms with Gasteiger partial charge in [0.15, 0.2) is 0 Å². The Balaban J connectivity index is 1.63. The summed E-state index contributed by atoms with van der Waals surface area (Å²) in [6.45, 7) is 2.75. The van der Waals surface area contributed by atoms with Crippen LogP contribution in [0.25, 0.3) is 0 Å². The van der Waals surface area contributed by atoms with E-state index in [1.807, 2.05) is 29.2 Å². The molecule has 0 aromatic heterocycles. The summed E-state index contributed by atoms with van der Waals surface area (Å²) in [5.74, 6) is -0.243. The van der Waals surface area contributed by atoms with E-state index in [-0.39, 0.29) is 24.2 Å². The molecule has 180 valence electrons. The Morgan fingerprint density at radius 2 is 1.97 bits per heavy atom. The highest BCUT2D eigenvalue weighted by Gasteiger charge is 2.37. The molecule has 2 aliphatic heterocycles. The van der Waals surface area contributed by atoms with E-state index in [2.05, 4.69) is 5.10 Å². The van der Waals surface area contributed by atoms with Crippen molar-refractivity contribution in [3.63, 3.8) is 0 Å². The maximum Gasteiger partial charge on any atom is 0.323 e. The summed E-state index contributed by atoms with van der Waals surface area (Å²) in [5, 5.41) is 6.12. The number of hydrazone groups is 1. The van der Waals surface area contributed by atoms with Crippen molar-refractivity contribution in [3.05, 3.63) is 65.5 Å². The maximum atomic E-state index is 14.1. The van der Waals surface area contributed by atoms with E-state index in [0.29, 0.717) is 43.0 Å². The molecule has 2 aromatic carbocycles. The Hall–Kier alpha value is -3.26. The molecule has 0 spiro atoms. The van der Waals surface area contributed by atoms with Crippen LogP contribution >= 0.6 is 0 Å². The fraction of sp³-hybridized carbons (Fsp3) is 0.423. The summed E-state index contributed by atoms with van der Waals surface area (Å²) >= 11 is 0. The second-order valence-electron chi connectivity index (χ2n) is 8.49. The minimum Gasteiger partial charge on any atom is -0.496 e. The first-order chi connectivity index (χ1) is 16.5. The molecular formula is C26H30FN3O4. The Bertz CT molecular complexity index is 1070. The van der Waals surface area contributed by atoms with Gasteiger partial charge in [0, 0.05) is 12.0 Å². The maximum absolute atomic E-state index is 14.1. The summed E-state index contributed by atoms with van der Waals surface area (Å²) in [4.78, 5) is 27.9. The van der Waals surface area contributed by atoms with Crippen molar-refractivity contribution in [1.82, 2.24) is 9.91 Å². The third kappa shape index (κ3) is 5.12. The molecule has 2 heterocycles. The molecule has 2 atom stereocenters. The first kappa shape index (κ1) is 23.9. The number of hydrogen-bond acceptors (Lipinski definition) is 6. The van der Waals surface area contributed by atoms with E-state index < -0.39 is 12.1 Å². The molecule has 1 amide bonds. The second-order valence-corrected chi connectivity index (χ2v) is 8.49. The average molecular weight is 468 g/mol. The highest BCUT2D eigenvalue weighted by atomic mass is 19.1. The molecule has 34 heavy (non-hydrogen) atoms. The van der Waals surface area contributed by atoms with Crippen molar-refractivity contribution in [2.45, 2.75) is 44.7 Å². The molecular weight excluding hydrogens is 437 g/mol. The predicted molar refractivity (Wildman–Crippen MR) is 126 cm³/mol. The topological polar surface area (TPSA) is 71.4 Å². The van der Waals surface area contributed by atoms with Crippen LogP contribution < -0.4 is 4.74 Å². The van der Waals surface area contributed by atoms with Gasteiger partial charge in [-0.1, -0.05) is 30.7 Å². The van der Waals surface area contributed by atoms with E-state index in [1.165, 1.54) is 17.1 Å². The first-order valence-electron chi connectivity index (χ1n) is 11.7. The lowest BCUT2D eigenvalue weighted by molar-refractivity contribution is -0.152. The van der Waals surface area contributed by atoms with Gasteiger partial charge in [0.2, 0.25) is 0 Å². The minimum absolute atomic E-state index is 0.0397. The van der Waals surface area contributed by atoms with Crippen LogP contribution in [-0.2, 0) is 14.3 Å². The minimum atomic E-state index is -0.450. The molecule has 0 aliphatic carbocycles. The number of hydrogen-bond donors (Lipinski definition) is 0. The molecule has 0 radical (unpaired) electrons. The number of methoxy groups -OCH3 is 1. The lowest BCUT2D eigenvalue weighted by Gasteiger charge is -2.34. The SMILES string of the molecule is CCOC(=O)C1CCCCN1CC(=O)N1N=C(c2ccccc2OC)CC1c1cccc(F)c1. The molecule has 2 unspecified atom stereocenters. The van der Waals surface area contributed by atoms with Gasteiger partial charge in [-0.2, -0.15) is 5.10 Å². The summed E-state index contributed by atoms with van der Waals surface area (Å²) in [6, 6.07) is 12.9. The second kappa shape index (κ2) is 10.8. The molecule has 0 N–H and O–H groups in total. The number of rotatable bonds is 7. The number of piperidine rings is 1. The zero-order valence-corrected chi connectivity index (χ0v) is 19.6. The molecule has 2 aliphatic rings. The molecule has 8 heteroatoms. The number of halogens is 1. The van der Waals surface area contributed by atoms with Crippen LogP contribution in [0, 0.1) is 5.82 Å². The quantitative estimate of drug-likeness (QED) is 0.577. The van der Waals surface area contributed by atoms with Gasteiger partial charge in [0.25, 0.3) is 5.91 Å². The van der Waals surface area contributed by atoms with Crippen LogP contribution in [0.1, 0.15) is 49.8 Å². The fourth-order valence-corrected chi connectivity index (χ4v) is 4.69. The van der Waals surface area contributed by atoms with Crippen molar-refractivity contribution < 1.29 is 23.5 Å². The van der Waals surface area contributed by atoms with Gasteiger partial charge in [0.05, 0.1) is 32.0 Å². The van der Waals surface area contributed by atoms with Gasteiger partial charge >= 0.3 is 5.97 Å². The molecule has 7 nitrogen and oxygen atoms in total. The number of nitrogens with zero attached hydrogens (tertiary/aromatic N) is 3. The highest BCUT2D eigenvalue weighted by molar-refractivity contribution is 6.05. The average Bonchev–Trinajstić information content (AvgIpc) is 3.30. The lowest BCUT2D eigenvalue weighted by Crippen LogP contribution is -2.49. The standard InChI is InChI=1S/C26H30FN3O4/c1-3-34-26(32)22-12-6-7-14-29(22)17-25(31)30-23(18-9-8-10-19(27)15-18)16-21(28-30)20-11-4-5-13-24(20)33-2/h4-5,8-11,13,15,22-23H,3,6-7,12,14,16-17H2,1-2H3. The molecule has 0 saturated carbocycles. The van der Waals surface area contributed by atoms with Crippen molar-refractivity contribution in [3.8, 4) is 5.75 Å². The van der Waals surface area contributed by atoms with Crippen LogP contribution in [0.3, 0.4) is 0 Å². The van der Waals surface area contributed by atoms with E-state index in [9.17, 15) is 14.0 Å². The van der Waals surface area contributed by atoms with Gasteiger partial charge in [-0.25, -0.2) is 9.40 Å². The summed E-state index contributed by atoms with van der Waals surface area (Å²) < 4.78 is 24.8. The van der Waals surface area contributed by atoms with E-state index in [4.69, 9.17) is 9.47 Å². The van der Waals surface area contributed by atoms with E-state index >= 15 is 0 Å². The number of ether oxygens (including phenoxy) is 2. The van der Waals surface area contributed by atoms with Crippen molar-refractivity contribution in [2.75, 3.05) is 26.8 Å².